The fourth-order valence-electron chi connectivity index (χ4n) is 3.75. The van der Waals surface area contributed by atoms with Gasteiger partial charge in [-0.3, -0.25) is 10.1 Å². The Kier molecular flexibility index (Phi) is 9.13. The fraction of sp³-hybridized carbons (Fsp3) is 0.148. The number of methoxy groups -OCH3 is 1. The fourth-order valence-corrected chi connectivity index (χ4v) is 5.64. The van der Waals surface area contributed by atoms with Crippen molar-refractivity contribution >= 4 is 68.1 Å². The van der Waals surface area contributed by atoms with Crippen molar-refractivity contribution < 1.29 is 31.8 Å². The number of rotatable bonds is 10. The summed E-state index contributed by atoms with van der Waals surface area (Å²) in [6, 6.07) is 12.4. The van der Waals surface area contributed by atoms with Crippen molar-refractivity contribution in [1.29, 1.82) is 0 Å². The minimum Gasteiger partial charge on any atom is -0.493 e. The number of fused-ring (bicyclic) bond motifs is 1. The molecule has 0 aliphatic rings. The van der Waals surface area contributed by atoms with Gasteiger partial charge in [-0.1, -0.05) is 52.9 Å². The Morgan fingerprint density at radius 1 is 1.07 bits per heavy atom. The first-order valence-electron chi connectivity index (χ1n) is 12.2. The van der Waals surface area contributed by atoms with Crippen LogP contribution in [0.15, 0.2) is 65.3 Å². The van der Waals surface area contributed by atoms with Gasteiger partial charge in [-0.2, -0.15) is 13.2 Å². The number of alkyl halides is 3. The van der Waals surface area contributed by atoms with E-state index in [2.05, 4.69) is 30.8 Å². The second-order valence-electron chi connectivity index (χ2n) is 8.69. The molecule has 0 bridgehead atoms. The van der Waals surface area contributed by atoms with Crippen LogP contribution in [0.4, 0.5) is 34.2 Å². The summed E-state index contributed by atoms with van der Waals surface area (Å²) in [4.78, 5) is 21.1. The SMILES string of the molecule is COc1cc2ncnc(Nc3ccc(F)c(Cl)c3)c2cc1OCC(=O)Nc1nnc(SCc2cccc(C(F)(F)F)c2)s1. The average Bonchev–Trinajstić information content (AvgIpc) is 3.43. The number of hydrogen-bond acceptors (Lipinski definition) is 10. The third-order valence-corrected chi connectivity index (χ3v) is 8.06. The number of halogens is 5. The van der Waals surface area contributed by atoms with Crippen LogP contribution in [0.3, 0.4) is 0 Å². The summed E-state index contributed by atoms with van der Waals surface area (Å²) in [6.07, 6.45) is -3.08. The van der Waals surface area contributed by atoms with Crippen molar-refractivity contribution in [3.05, 3.63) is 82.9 Å². The molecule has 0 atom stereocenters. The highest BCUT2D eigenvalue weighted by atomic mass is 35.5. The quantitative estimate of drug-likeness (QED) is 0.0910. The van der Waals surface area contributed by atoms with Crippen LogP contribution in [0.5, 0.6) is 11.5 Å². The molecule has 0 saturated heterocycles. The lowest BCUT2D eigenvalue weighted by molar-refractivity contribution is -0.137. The number of carbonyl (C=O) groups excluding carboxylic acids is 1. The van der Waals surface area contributed by atoms with Gasteiger partial charge < -0.3 is 14.8 Å². The first kappa shape index (κ1) is 30.3. The Labute approximate surface area is 254 Å². The number of benzene rings is 3. The molecular formula is C27H19ClF4N6O3S2. The summed E-state index contributed by atoms with van der Waals surface area (Å²) in [6.45, 7) is -0.405. The number of amides is 1. The lowest BCUT2D eigenvalue weighted by atomic mass is 10.1. The van der Waals surface area contributed by atoms with E-state index in [9.17, 15) is 22.4 Å². The largest absolute Gasteiger partial charge is 0.493 e. The normalized spacial score (nSPS) is 11.4. The van der Waals surface area contributed by atoms with Crippen LogP contribution in [0.1, 0.15) is 11.1 Å². The molecule has 1 amide bonds. The van der Waals surface area contributed by atoms with Gasteiger partial charge in [-0.15, -0.1) is 10.2 Å². The van der Waals surface area contributed by atoms with Crippen LogP contribution in [-0.4, -0.2) is 39.8 Å². The molecule has 0 radical (unpaired) electrons. The summed E-state index contributed by atoms with van der Waals surface area (Å²) in [7, 11) is 1.44. The van der Waals surface area contributed by atoms with E-state index in [0.717, 1.165) is 23.5 Å². The molecule has 0 aliphatic carbocycles. The van der Waals surface area contributed by atoms with Crippen LogP contribution in [0.25, 0.3) is 10.9 Å². The van der Waals surface area contributed by atoms with Gasteiger partial charge >= 0.3 is 6.18 Å². The van der Waals surface area contributed by atoms with Crippen molar-refractivity contribution in [3.63, 3.8) is 0 Å². The lowest BCUT2D eigenvalue weighted by Crippen LogP contribution is -2.20. The molecule has 0 spiro atoms. The zero-order valence-corrected chi connectivity index (χ0v) is 24.3. The van der Waals surface area contributed by atoms with Crippen LogP contribution < -0.4 is 20.1 Å². The Balaban J connectivity index is 1.22. The highest BCUT2D eigenvalue weighted by molar-refractivity contribution is 8.00. The molecule has 3 aromatic carbocycles. The van der Waals surface area contributed by atoms with E-state index >= 15 is 0 Å². The molecule has 0 aliphatic heterocycles. The summed E-state index contributed by atoms with van der Waals surface area (Å²) in [5, 5.41) is 14.2. The van der Waals surface area contributed by atoms with Crippen LogP contribution in [0.2, 0.25) is 5.02 Å². The van der Waals surface area contributed by atoms with E-state index in [0.29, 0.717) is 38.1 Å². The number of carbonyl (C=O) groups is 1. The van der Waals surface area contributed by atoms with Crippen molar-refractivity contribution in [3.8, 4) is 11.5 Å². The Hall–Kier alpha value is -4.21. The van der Waals surface area contributed by atoms with Gasteiger partial charge in [-0.25, -0.2) is 14.4 Å². The molecule has 0 saturated carbocycles. The zero-order valence-electron chi connectivity index (χ0n) is 21.9. The lowest BCUT2D eigenvalue weighted by Gasteiger charge is -2.14. The minimum atomic E-state index is -4.43. The van der Waals surface area contributed by atoms with Gasteiger partial charge in [0.05, 0.1) is 23.2 Å². The summed E-state index contributed by atoms with van der Waals surface area (Å²) < 4.78 is 64.0. The van der Waals surface area contributed by atoms with Crippen LogP contribution in [0, 0.1) is 5.82 Å². The summed E-state index contributed by atoms with van der Waals surface area (Å²) in [5.74, 6) is 0.0855. The number of anilines is 3. The second kappa shape index (κ2) is 13.0. The number of nitrogens with one attached hydrogen (secondary N) is 2. The summed E-state index contributed by atoms with van der Waals surface area (Å²) >= 11 is 8.16. The predicted octanol–water partition coefficient (Wildman–Crippen LogP) is 7.35. The maximum atomic E-state index is 13.6. The molecule has 2 heterocycles. The van der Waals surface area contributed by atoms with Crippen LogP contribution in [-0.2, 0) is 16.7 Å². The third-order valence-electron chi connectivity index (χ3n) is 5.73. The molecule has 222 valence electrons. The Bertz CT molecular complexity index is 1790. The van der Waals surface area contributed by atoms with E-state index in [1.807, 2.05) is 0 Å². The Morgan fingerprint density at radius 3 is 2.67 bits per heavy atom. The van der Waals surface area contributed by atoms with Crippen molar-refractivity contribution in [1.82, 2.24) is 20.2 Å². The van der Waals surface area contributed by atoms with Crippen molar-refractivity contribution in [2.75, 3.05) is 24.4 Å². The van der Waals surface area contributed by atoms with E-state index in [4.69, 9.17) is 21.1 Å². The molecule has 5 rings (SSSR count). The van der Waals surface area contributed by atoms with Crippen molar-refractivity contribution in [2.24, 2.45) is 0 Å². The highest BCUT2D eigenvalue weighted by Gasteiger charge is 2.30. The topological polar surface area (TPSA) is 111 Å². The number of nitrogens with zero attached hydrogens (tertiary/aromatic N) is 4. The molecule has 0 fully saturated rings. The number of ether oxygens (including phenoxy) is 2. The molecule has 43 heavy (non-hydrogen) atoms. The van der Waals surface area contributed by atoms with E-state index in [1.165, 1.54) is 49.5 Å². The minimum absolute atomic E-state index is 0.0584. The van der Waals surface area contributed by atoms with Gasteiger partial charge in [0.1, 0.15) is 18.0 Å². The Morgan fingerprint density at radius 2 is 1.91 bits per heavy atom. The first-order chi connectivity index (χ1) is 20.6. The molecule has 5 aromatic rings. The summed E-state index contributed by atoms with van der Waals surface area (Å²) in [5.41, 5.74) is 0.761. The maximum Gasteiger partial charge on any atom is 0.416 e. The van der Waals surface area contributed by atoms with Gasteiger partial charge in [0.2, 0.25) is 5.13 Å². The van der Waals surface area contributed by atoms with Crippen LogP contribution >= 0.6 is 34.7 Å². The number of aromatic nitrogens is 4. The molecular weight excluding hydrogens is 632 g/mol. The van der Waals surface area contributed by atoms with E-state index in [1.54, 1.807) is 18.2 Å². The highest BCUT2D eigenvalue weighted by Crippen LogP contribution is 2.36. The smallest absolute Gasteiger partial charge is 0.416 e. The molecule has 9 nitrogen and oxygen atoms in total. The maximum absolute atomic E-state index is 13.6. The van der Waals surface area contributed by atoms with Gasteiger partial charge in [0.15, 0.2) is 22.4 Å². The third kappa shape index (κ3) is 7.60. The molecule has 16 heteroatoms. The van der Waals surface area contributed by atoms with Crippen molar-refractivity contribution in [2.45, 2.75) is 16.3 Å². The van der Waals surface area contributed by atoms with E-state index in [-0.39, 0.29) is 21.7 Å². The van der Waals surface area contributed by atoms with E-state index < -0.39 is 30.1 Å². The van der Waals surface area contributed by atoms with Gasteiger partial charge in [0, 0.05) is 22.9 Å². The first-order valence-corrected chi connectivity index (χ1v) is 14.4. The van der Waals surface area contributed by atoms with Gasteiger partial charge in [-0.05, 0) is 35.9 Å². The molecule has 2 N–H and O–H groups in total. The number of thioether (sulfide) groups is 1. The average molecular weight is 651 g/mol. The predicted molar refractivity (Wildman–Crippen MR) is 156 cm³/mol. The number of hydrogen-bond donors (Lipinski definition) is 2. The monoisotopic (exact) mass is 650 g/mol. The van der Waals surface area contributed by atoms with Gasteiger partial charge in [0.25, 0.3) is 5.91 Å². The molecule has 0 unspecified atom stereocenters. The standard InChI is InChI=1S/C27H19ClF4N6O3S2/c1-40-21-10-20-17(24(34-13-33-20)35-16-5-6-19(29)18(28)8-16)9-22(21)41-11-23(39)36-25-37-38-26(43-25)42-12-14-3-2-4-15(7-14)27(30,31)32/h2-10,13H,11-12H2,1H3,(H,33,34,35)(H,36,37,39). The second-order valence-corrected chi connectivity index (χ2v) is 11.3. The zero-order chi connectivity index (χ0) is 30.6. The molecule has 2 aromatic heterocycles.